The van der Waals surface area contributed by atoms with Gasteiger partial charge in [0.05, 0.1) is 14.2 Å². The van der Waals surface area contributed by atoms with Crippen molar-refractivity contribution >= 4 is 17.5 Å². The van der Waals surface area contributed by atoms with Crippen molar-refractivity contribution in [2.75, 3.05) is 27.3 Å². The molecule has 5 nitrogen and oxygen atoms in total. The molecule has 1 aromatic carbocycles. The van der Waals surface area contributed by atoms with E-state index >= 15 is 0 Å². The fourth-order valence-corrected chi connectivity index (χ4v) is 3.08. The Labute approximate surface area is 146 Å². The largest absolute Gasteiger partial charge is 0.496 e. The lowest BCUT2D eigenvalue weighted by molar-refractivity contribution is 0.0788. The summed E-state index contributed by atoms with van der Waals surface area (Å²) >= 11 is 6.11. The van der Waals surface area contributed by atoms with E-state index in [4.69, 9.17) is 21.1 Å². The number of rotatable bonds is 4. The van der Waals surface area contributed by atoms with E-state index in [0.717, 1.165) is 37.1 Å². The minimum absolute atomic E-state index is 0.0558. The fourth-order valence-electron chi connectivity index (χ4n) is 2.91. The molecular weight excluding hydrogens is 328 g/mol. The molecule has 2 heterocycles. The highest BCUT2D eigenvalue weighted by Crippen LogP contribution is 2.34. The predicted octanol–water partition coefficient (Wildman–Crippen LogP) is 3.66. The molecule has 3 rings (SSSR count). The summed E-state index contributed by atoms with van der Waals surface area (Å²) in [5, 5.41) is 0.592. The maximum absolute atomic E-state index is 12.8. The van der Waals surface area contributed by atoms with E-state index < -0.39 is 0 Å². The minimum atomic E-state index is -0.0558. The second kappa shape index (κ2) is 7.09. The molecule has 1 fully saturated rings. The number of benzene rings is 1. The van der Waals surface area contributed by atoms with Crippen LogP contribution in [0.1, 0.15) is 23.2 Å². The van der Waals surface area contributed by atoms with Gasteiger partial charge in [0, 0.05) is 35.4 Å². The number of nitrogens with zero attached hydrogens (tertiary/aromatic N) is 2. The topological polar surface area (TPSA) is 51.7 Å². The number of carbonyl (C=O) groups is 1. The molecule has 1 aliphatic heterocycles. The first-order chi connectivity index (χ1) is 11.6. The summed E-state index contributed by atoms with van der Waals surface area (Å²) in [6.45, 7) is 1.54. The van der Waals surface area contributed by atoms with Crippen molar-refractivity contribution in [2.24, 2.45) is 0 Å². The van der Waals surface area contributed by atoms with Gasteiger partial charge < -0.3 is 14.4 Å². The normalized spacial score (nSPS) is 13.9. The van der Waals surface area contributed by atoms with Crippen molar-refractivity contribution in [3.63, 3.8) is 0 Å². The van der Waals surface area contributed by atoms with Gasteiger partial charge in [0.15, 0.2) is 0 Å². The molecule has 2 aromatic rings. The summed E-state index contributed by atoms with van der Waals surface area (Å²) in [7, 11) is 3.11. The Morgan fingerprint density at radius 2 is 1.92 bits per heavy atom. The average molecular weight is 347 g/mol. The average Bonchev–Trinajstić information content (AvgIpc) is 3.15. The second-order valence-electron chi connectivity index (χ2n) is 5.62. The van der Waals surface area contributed by atoms with E-state index in [9.17, 15) is 4.79 Å². The summed E-state index contributed by atoms with van der Waals surface area (Å²) in [5.74, 6) is 0.947. The molecule has 0 atom stereocenters. The third kappa shape index (κ3) is 3.17. The molecule has 1 aliphatic rings. The molecule has 126 valence electrons. The van der Waals surface area contributed by atoms with Crippen LogP contribution in [0.4, 0.5) is 0 Å². The lowest BCUT2D eigenvalue weighted by Gasteiger charge is -2.17. The third-order valence-corrected chi connectivity index (χ3v) is 4.38. The summed E-state index contributed by atoms with van der Waals surface area (Å²) in [6.07, 6.45) is 3.72. The molecule has 0 radical (unpaired) electrons. The van der Waals surface area contributed by atoms with E-state index in [0.29, 0.717) is 22.2 Å². The van der Waals surface area contributed by atoms with Gasteiger partial charge in [0.25, 0.3) is 5.91 Å². The Bertz CT molecular complexity index is 758. The molecular formula is C18H19ClN2O3. The number of amides is 1. The van der Waals surface area contributed by atoms with Gasteiger partial charge >= 0.3 is 0 Å². The number of likely N-dealkylation sites (tertiary alicyclic amines) is 1. The fraction of sp³-hybridized carbons (Fsp3) is 0.333. The molecule has 6 heteroatoms. The Kier molecular flexibility index (Phi) is 4.90. The SMILES string of the molecule is COc1ccc(Cl)cc1-c1cnc(OC)c(C(=O)N2CCCC2)c1. The molecule has 0 saturated carbocycles. The van der Waals surface area contributed by atoms with Crippen molar-refractivity contribution in [3.8, 4) is 22.8 Å². The number of ether oxygens (including phenoxy) is 2. The monoisotopic (exact) mass is 346 g/mol. The highest BCUT2D eigenvalue weighted by atomic mass is 35.5. The highest BCUT2D eigenvalue weighted by Gasteiger charge is 2.24. The van der Waals surface area contributed by atoms with Crippen LogP contribution in [-0.2, 0) is 0 Å². The van der Waals surface area contributed by atoms with Crippen LogP contribution >= 0.6 is 11.6 Å². The van der Waals surface area contributed by atoms with Crippen LogP contribution in [0.15, 0.2) is 30.5 Å². The second-order valence-corrected chi connectivity index (χ2v) is 6.06. The van der Waals surface area contributed by atoms with Crippen molar-refractivity contribution in [2.45, 2.75) is 12.8 Å². The van der Waals surface area contributed by atoms with Gasteiger partial charge in [-0.1, -0.05) is 11.6 Å². The zero-order valence-corrected chi connectivity index (χ0v) is 14.5. The predicted molar refractivity (Wildman–Crippen MR) is 92.9 cm³/mol. The standard InChI is InChI=1S/C18H19ClN2O3/c1-23-16-6-5-13(19)10-14(16)12-9-15(17(24-2)20-11-12)18(22)21-7-3-4-8-21/h5-6,9-11H,3-4,7-8H2,1-2H3. The highest BCUT2D eigenvalue weighted by molar-refractivity contribution is 6.31. The minimum Gasteiger partial charge on any atom is -0.496 e. The number of carbonyl (C=O) groups excluding carboxylic acids is 1. The molecule has 0 spiro atoms. The lowest BCUT2D eigenvalue weighted by Crippen LogP contribution is -2.28. The van der Waals surface area contributed by atoms with Gasteiger partial charge in [-0.25, -0.2) is 4.98 Å². The summed E-state index contributed by atoms with van der Waals surface area (Å²) in [4.78, 5) is 18.9. The first-order valence-corrected chi connectivity index (χ1v) is 8.19. The van der Waals surface area contributed by atoms with Gasteiger partial charge in [-0.2, -0.15) is 0 Å². The summed E-state index contributed by atoms with van der Waals surface area (Å²) in [5.41, 5.74) is 2.01. The van der Waals surface area contributed by atoms with Gasteiger partial charge in [-0.3, -0.25) is 4.79 Å². The van der Waals surface area contributed by atoms with Crippen LogP contribution in [0.25, 0.3) is 11.1 Å². The Morgan fingerprint density at radius 1 is 1.17 bits per heavy atom. The molecule has 1 aromatic heterocycles. The molecule has 0 aliphatic carbocycles. The van der Waals surface area contributed by atoms with Gasteiger partial charge in [0.2, 0.25) is 5.88 Å². The Morgan fingerprint density at radius 3 is 2.58 bits per heavy atom. The molecule has 0 unspecified atom stereocenters. The van der Waals surface area contributed by atoms with Crippen LogP contribution in [0, 0.1) is 0 Å². The third-order valence-electron chi connectivity index (χ3n) is 4.14. The zero-order chi connectivity index (χ0) is 17.1. The number of methoxy groups -OCH3 is 2. The van der Waals surface area contributed by atoms with Crippen LogP contribution in [-0.4, -0.2) is 43.1 Å². The van der Waals surface area contributed by atoms with Crippen LogP contribution in [0.5, 0.6) is 11.6 Å². The summed E-state index contributed by atoms with van der Waals surface area (Å²) in [6, 6.07) is 7.15. The van der Waals surface area contributed by atoms with E-state index in [2.05, 4.69) is 4.98 Å². The zero-order valence-electron chi connectivity index (χ0n) is 13.7. The van der Waals surface area contributed by atoms with Gasteiger partial charge in [-0.05, 0) is 37.1 Å². The van der Waals surface area contributed by atoms with Crippen LogP contribution < -0.4 is 9.47 Å². The number of hydrogen-bond donors (Lipinski definition) is 0. The van der Waals surface area contributed by atoms with Gasteiger partial charge in [0.1, 0.15) is 11.3 Å². The maximum Gasteiger partial charge on any atom is 0.259 e. The number of pyridine rings is 1. The molecule has 1 amide bonds. The maximum atomic E-state index is 12.8. The van der Waals surface area contributed by atoms with Crippen molar-refractivity contribution in [1.29, 1.82) is 0 Å². The first-order valence-electron chi connectivity index (χ1n) is 7.81. The molecule has 1 saturated heterocycles. The molecule has 24 heavy (non-hydrogen) atoms. The quantitative estimate of drug-likeness (QED) is 0.847. The molecule has 0 N–H and O–H groups in total. The molecule has 0 bridgehead atoms. The van der Waals surface area contributed by atoms with Crippen molar-refractivity contribution < 1.29 is 14.3 Å². The summed E-state index contributed by atoms with van der Waals surface area (Å²) < 4.78 is 10.7. The van der Waals surface area contributed by atoms with Crippen molar-refractivity contribution in [1.82, 2.24) is 9.88 Å². The smallest absolute Gasteiger partial charge is 0.259 e. The number of aromatic nitrogens is 1. The Hall–Kier alpha value is -2.27. The van der Waals surface area contributed by atoms with Crippen LogP contribution in [0.2, 0.25) is 5.02 Å². The lowest BCUT2D eigenvalue weighted by atomic mass is 10.0. The van der Waals surface area contributed by atoms with Crippen molar-refractivity contribution in [3.05, 3.63) is 41.0 Å². The van der Waals surface area contributed by atoms with Crippen LogP contribution in [0.3, 0.4) is 0 Å². The van der Waals surface area contributed by atoms with Gasteiger partial charge in [-0.15, -0.1) is 0 Å². The van der Waals surface area contributed by atoms with E-state index in [1.165, 1.54) is 7.11 Å². The van der Waals surface area contributed by atoms with E-state index in [1.807, 2.05) is 4.90 Å². The van der Waals surface area contributed by atoms with E-state index in [1.54, 1.807) is 37.6 Å². The number of hydrogen-bond acceptors (Lipinski definition) is 4. The number of halogens is 1. The first kappa shape index (κ1) is 16.6. The Balaban J connectivity index is 2.06. The van der Waals surface area contributed by atoms with E-state index in [-0.39, 0.29) is 5.91 Å².